The predicted molar refractivity (Wildman–Crippen MR) is 112 cm³/mol. The maximum absolute atomic E-state index is 12.2. The van der Waals surface area contributed by atoms with Crippen molar-refractivity contribution in [3.8, 4) is 5.75 Å². The van der Waals surface area contributed by atoms with Crippen molar-refractivity contribution in [1.82, 2.24) is 16.2 Å². The van der Waals surface area contributed by atoms with Gasteiger partial charge >= 0.3 is 5.97 Å². The van der Waals surface area contributed by atoms with E-state index in [-0.39, 0.29) is 24.6 Å². The molecule has 0 saturated carbocycles. The van der Waals surface area contributed by atoms with Crippen LogP contribution in [0.25, 0.3) is 10.8 Å². The summed E-state index contributed by atoms with van der Waals surface area (Å²) in [4.78, 5) is 35.1. The van der Waals surface area contributed by atoms with Gasteiger partial charge in [-0.2, -0.15) is 0 Å². The Hall–Kier alpha value is -3.20. The lowest BCUT2D eigenvalue weighted by Crippen LogP contribution is -2.51. The normalized spacial score (nSPS) is 11.2. The number of carbonyl (C=O) groups excluding carboxylic acids is 3. The summed E-state index contributed by atoms with van der Waals surface area (Å²) in [6.45, 7) is 3.53. The van der Waals surface area contributed by atoms with Gasteiger partial charge in [-0.25, -0.2) is 0 Å². The van der Waals surface area contributed by atoms with Gasteiger partial charge in [0.15, 0.2) is 11.2 Å². The number of hydrazine groups is 1. The minimum Gasteiger partial charge on any atom is -0.481 e. The van der Waals surface area contributed by atoms with Crippen LogP contribution in [0.2, 0.25) is 0 Å². The van der Waals surface area contributed by atoms with E-state index >= 15 is 0 Å². The summed E-state index contributed by atoms with van der Waals surface area (Å²) in [6, 6.07) is 13.4. The van der Waals surface area contributed by atoms with E-state index < -0.39 is 23.9 Å². The number of nitrogens with one attached hydrogen (secondary N) is 3. The molecule has 2 aromatic carbocycles. The summed E-state index contributed by atoms with van der Waals surface area (Å²) in [5, 5.41) is 4.34. The number of esters is 1. The Morgan fingerprint density at radius 3 is 2.48 bits per heavy atom. The van der Waals surface area contributed by atoms with Crippen molar-refractivity contribution in [3.63, 3.8) is 0 Å². The average Bonchev–Trinajstić information content (AvgIpc) is 2.70. The largest absolute Gasteiger partial charge is 0.481 e. The van der Waals surface area contributed by atoms with Crippen LogP contribution in [0.3, 0.4) is 0 Å². The molecule has 2 amide bonds. The molecule has 0 saturated heterocycles. The van der Waals surface area contributed by atoms with E-state index in [9.17, 15) is 14.4 Å². The molecule has 29 heavy (non-hydrogen) atoms. The molecule has 9 heteroatoms. The molecule has 3 N–H and O–H groups in total. The molecule has 1 unspecified atom stereocenters. The maximum atomic E-state index is 12.2. The van der Waals surface area contributed by atoms with Crippen LogP contribution in [0.4, 0.5) is 0 Å². The SMILES string of the molecule is CCOC(=O)CCC(=O)NC(=S)NNC(=O)C(C)Oc1ccc2ccccc2c1. The number of rotatable bonds is 7. The third-order valence-corrected chi connectivity index (χ3v) is 4.02. The molecule has 0 heterocycles. The zero-order valence-electron chi connectivity index (χ0n) is 16.2. The quantitative estimate of drug-likeness (QED) is 0.359. The van der Waals surface area contributed by atoms with Crippen molar-refractivity contribution < 1.29 is 23.9 Å². The van der Waals surface area contributed by atoms with Crippen LogP contribution in [-0.4, -0.2) is 35.6 Å². The number of fused-ring (bicyclic) bond motifs is 1. The van der Waals surface area contributed by atoms with Crippen molar-refractivity contribution >= 4 is 45.9 Å². The molecule has 0 bridgehead atoms. The van der Waals surface area contributed by atoms with Crippen LogP contribution in [-0.2, 0) is 19.1 Å². The summed E-state index contributed by atoms with van der Waals surface area (Å²) in [7, 11) is 0. The van der Waals surface area contributed by atoms with Gasteiger partial charge in [-0.15, -0.1) is 0 Å². The van der Waals surface area contributed by atoms with Crippen LogP contribution in [0.1, 0.15) is 26.7 Å². The van der Waals surface area contributed by atoms with Crippen molar-refractivity contribution in [3.05, 3.63) is 42.5 Å². The number of benzene rings is 2. The van der Waals surface area contributed by atoms with E-state index in [1.165, 1.54) is 0 Å². The van der Waals surface area contributed by atoms with Gasteiger partial charge in [-0.05, 0) is 49.0 Å². The lowest BCUT2D eigenvalue weighted by molar-refractivity contribution is -0.144. The highest BCUT2D eigenvalue weighted by atomic mass is 32.1. The van der Waals surface area contributed by atoms with Gasteiger partial charge in [0.2, 0.25) is 5.91 Å². The molecule has 0 aliphatic rings. The van der Waals surface area contributed by atoms with Crippen LogP contribution in [0, 0.1) is 0 Å². The van der Waals surface area contributed by atoms with E-state index in [0.29, 0.717) is 5.75 Å². The molecular weight excluding hydrogens is 394 g/mol. The van der Waals surface area contributed by atoms with Crippen LogP contribution in [0.5, 0.6) is 5.75 Å². The standard InChI is InChI=1S/C20H23N3O5S/c1-3-27-18(25)11-10-17(24)21-20(29)23-22-19(26)13(2)28-16-9-8-14-6-4-5-7-15(14)12-16/h4-9,12-13H,3,10-11H2,1-2H3,(H,22,26)(H2,21,23,24,29). The number of amides is 2. The second-order valence-electron chi connectivity index (χ2n) is 6.07. The molecule has 1 atom stereocenters. The zero-order valence-corrected chi connectivity index (χ0v) is 17.0. The van der Waals surface area contributed by atoms with Gasteiger partial charge in [0.05, 0.1) is 13.0 Å². The Balaban J connectivity index is 1.75. The molecule has 2 aromatic rings. The minimum atomic E-state index is -0.800. The zero-order chi connectivity index (χ0) is 21.2. The summed E-state index contributed by atoms with van der Waals surface area (Å²) < 4.78 is 10.4. The average molecular weight is 417 g/mol. The highest BCUT2D eigenvalue weighted by molar-refractivity contribution is 7.80. The van der Waals surface area contributed by atoms with E-state index in [4.69, 9.17) is 21.7 Å². The van der Waals surface area contributed by atoms with E-state index in [1.54, 1.807) is 19.9 Å². The monoisotopic (exact) mass is 417 g/mol. The Morgan fingerprint density at radius 1 is 1.03 bits per heavy atom. The first kappa shape index (κ1) is 22.1. The highest BCUT2D eigenvalue weighted by Gasteiger charge is 2.16. The summed E-state index contributed by atoms with van der Waals surface area (Å²) in [5.41, 5.74) is 4.79. The van der Waals surface area contributed by atoms with E-state index in [2.05, 4.69) is 16.2 Å². The molecule has 0 spiro atoms. The van der Waals surface area contributed by atoms with Gasteiger partial charge in [0, 0.05) is 6.42 Å². The fourth-order valence-electron chi connectivity index (χ4n) is 2.39. The molecule has 2 rings (SSSR count). The molecule has 154 valence electrons. The highest BCUT2D eigenvalue weighted by Crippen LogP contribution is 2.21. The van der Waals surface area contributed by atoms with Crippen LogP contribution >= 0.6 is 12.2 Å². The Morgan fingerprint density at radius 2 is 1.76 bits per heavy atom. The second kappa shape index (κ2) is 11.0. The molecule has 0 fully saturated rings. The van der Waals surface area contributed by atoms with Gasteiger partial charge in [-0.1, -0.05) is 30.3 Å². The lowest BCUT2D eigenvalue weighted by atomic mass is 10.1. The van der Waals surface area contributed by atoms with Crippen LogP contribution < -0.4 is 20.9 Å². The Kier molecular flexibility index (Phi) is 8.35. The molecule has 0 radical (unpaired) electrons. The third-order valence-electron chi connectivity index (χ3n) is 3.82. The van der Waals surface area contributed by atoms with Crippen molar-refractivity contribution in [2.24, 2.45) is 0 Å². The Labute approximate surface area is 173 Å². The van der Waals surface area contributed by atoms with Gasteiger partial charge < -0.3 is 14.8 Å². The van der Waals surface area contributed by atoms with Gasteiger partial charge in [0.1, 0.15) is 5.75 Å². The molecule has 0 aliphatic heterocycles. The first-order valence-electron chi connectivity index (χ1n) is 9.09. The van der Waals surface area contributed by atoms with Crippen molar-refractivity contribution in [2.75, 3.05) is 6.61 Å². The summed E-state index contributed by atoms with van der Waals surface area (Å²) in [6.07, 6.45) is -0.924. The Bertz CT molecular complexity index is 903. The molecule has 8 nitrogen and oxygen atoms in total. The number of ether oxygens (including phenoxy) is 2. The first-order chi connectivity index (χ1) is 13.9. The molecule has 0 aliphatic carbocycles. The maximum Gasteiger partial charge on any atom is 0.306 e. The van der Waals surface area contributed by atoms with Crippen molar-refractivity contribution in [1.29, 1.82) is 0 Å². The number of hydrogen-bond acceptors (Lipinski definition) is 6. The van der Waals surface area contributed by atoms with E-state index in [0.717, 1.165) is 10.8 Å². The fourth-order valence-corrected chi connectivity index (χ4v) is 2.55. The number of thiocarbonyl (C=S) groups is 1. The summed E-state index contributed by atoms with van der Waals surface area (Å²) in [5.74, 6) is -0.845. The minimum absolute atomic E-state index is 0.0503. The predicted octanol–water partition coefficient (Wildman–Crippen LogP) is 1.97. The third kappa shape index (κ3) is 7.38. The van der Waals surface area contributed by atoms with Crippen molar-refractivity contribution in [2.45, 2.75) is 32.8 Å². The first-order valence-corrected chi connectivity index (χ1v) is 9.50. The van der Waals surface area contributed by atoms with Gasteiger partial charge in [0.25, 0.3) is 5.91 Å². The van der Waals surface area contributed by atoms with Gasteiger partial charge in [-0.3, -0.25) is 25.2 Å². The molecular formula is C20H23N3O5S. The fraction of sp³-hybridized carbons (Fsp3) is 0.300. The number of carbonyl (C=O) groups is 3. The lowest BCUT2D eigenvalue weighted by Gasteiger charge is -2.16. The second-order valence-corrected chi connectivity index (χ2v) is 6.47. The smallest absolute Gasteiger partial charge is 0.306 e. The van der Waals surface area contributed by atoms with E-state index in [1.807, 2.05) is 36.4 Å². The number of hydrogen-bond donors (Lipinski definition) is 3. The topological polar surface area (TPSA) is 106 Å². The van der Waals surface area contributed by atoms with Crippen LogP contribution in [0.15, 0.2) is 42.5 Å². The summed E-state index contributed by atoms with van der Waals surface area (Å²) >= 11 is 4.93. The molecule has 0 aromatic heterocycles.